The van der Waals surface area contributed by atoms with Gasteiger partial charge >= 0.3 is 0 Å². The van der Waals surface area contributed by atoms with E-state index in [-0.39, 0.29) is 5.69 Å². The molecule has 17 heavy (non-hydrogen) atoms. The van der Waals surface area contributed by atoms with Crippen LogP contribution in [0.25, 0.3) is 10.9 Å². The lowest BCUT2D eigenvalue weighted by molar-refractivity contribution is -0.384. The maximum absolute atomic E-state index is 11.0. The molecule has 2 aromatic rings. The number of β-amino-alcohol motifs (C(OH)–C–C–N with tert-alkyl or cyclic N) is 1. The maximum atomic E-state index is 11.0. The summed E-state index contributed by atoms with van der Waals surface area (Å²) in [5.74, 6) is 0. The minimum absolute atomic E-state index is 0.0470. The number of H-pyrrole nitrogens is 1. The van der Waals surface area contributed by atoms with Gasteiger partial charge in [0, 0.05) is 24.5 Å². The van der Waals surface area contributed by atoms with Crippen LogP contribution in [0, 0.1) is 10.1 Å². The summed E-state index contributed by atoms with van der Waals surface area (Å²) in [6.07, 6.45) is 1.16. The quantitative estimate of drug-likeness (QED) is 0.587. The average molecular weight is 234 g/mol. The van der Waals surface area contributed by atoms with Gasteiger partial charge in [-0.15, -0.1) is 0 Å². The van der Waals surface area contributed by atoms with Gasteiger partial charge in [0.2, 0.25) is 0 Å². The molecule has 0 amide bonds. The van der Waals surface area contributed by atoms with Gasteiger partial charge in [-0.25, -0.2) is 0 Å². The molecule has 1 fully saturated rings. The van der Waals surface area contributed by atoms with E-state index < -0.39 is 11.0 Å². The minimum atomic E-state index is -0.410. The highest BCUT2D eigenvalue weighted by molar-refractivity contribution is 5.87. The highest BCUT2D eigenvalue weighted by atomic mass is 16.6. The molecule has 2 N–H and O–H groups in total. The number of nitro benzene ring substituents is 1. The van der Waals surface area contributed by atoms with Gasteiger partial charge in [-0.05, 0) is 6.07 Å². The zero-order chi connectivity index (χ0) is 12.0. The van der Waals surface area contributed by atoms with Crippen LogP contribution in [-0.2, 0) is 0 Å². The number of fused-ring (bicyclic) bond motifs is 1. The first kappa shape index (κ1) is 10.0. The monoisotopic (exact) mass is 234 g/mol. The topological polar surface area (TPSA) is 95.3 Å². The fourth-order valence-electron chi connectivity index (χ4n) is 2.02. The van der Waals surface area contributed by atoms with E-state index in [1.165, 1.54) is 6.07 Å². The van der Waals surface area contributed by atoms with Crippen LogP contribution in [0.15, 0.2) is 18.3 Å². The Kier molecular flexibility index (Phi) is 2.02. The van der Waals surface area contributed by atoms with E-state index in [1.54, 1.807) is 17.2 Å². The third-order valence-corrected chi connectivity index (χ3v) is 2.94. The zero-order valence-corrected chi connectivity index (χ0v) is 8.83. The van der Waals surface area contributed by atoms with Crippen molar-refractivity contribution in [3.63, 3.8) is 0 Å². The summed E-state index contributed by atoms with van der Waals surface area (Å²) in [6.45, 7) is 0.862. The molecule has 88 valence electrons. The van der Waals surface area contributed by atoms with Crippen molar-refractivity contribution in [2.24, 2.45) is 0 Å². The second-order valence-electron chi connectivity index (χ2n) is 4.11. The molecule has 0 spiro atoms. The van der Waals surface area contributed by atoms with Gasteiger partial charge in [-0.3, -0.25) is 15.2 Å². The third kappa shape index (κ3) is 1.51. The van der Waals surface area contributed by atoms with Crippen LogP contribution in [-0.4, -0.2) is 39.4 Å². The SMILES string of the molecule is O=[N+]([O-])c1cc2cn[nH]c2cc1N1CC(O)C1. The molecule has 7 nitrogen and oxygen atoms in total. The normalized spacial score (nSPS) is 16.2. The average Bonchev–Trinajstić information content (AvgIpc) is 2.69. The third-order valence-electron chi connectivity index (χ3n) is 2.94. The predicted molar refractivity (Wildman–Crippen MR) is 61.0 cm³/mol. The van der Waals surface area contributed by atoms with Crippen molar-refractivity contribution in [3.8, 4) is 0 Å². The minimum Gasteiger partial charge on any atom is -0.389 e. The molecule has 2 heterocycles. The van der Waals surface area contributed by atoms with E-state index >= 15 is 0 Å². The molecule has 1 aliphatic rings. The number of aromatic nitrogens is 2. The summed E-state index contributed by atoms with van der Waals surface area (Å²) >= 11 is 0. The lowest BCUT2D eigenvalue weighted by atomic mass is 10.1. The van der Waals surface area contributed by atoms with Gasteiger partial charge in [-0.2, -0.15) is 5.10 Å². The Balaban J connectivity index is 2.12. The maximum Gasteiger partial charge on any atom is 0.293 e. The molecule has 3 rings (SSSR count). The Hall–Kier alpha value is -2.15. The van der Waals surface area contributed by atoms with E-state index in [2.05, 4.69) is 10.2 Å². The number of hydrogen-bond acceptors (Lipinski definition) is 5. The van der Waals surface area contributed by atoms with E-state index in [1.807, 2.05) is 0 Å². The van der Waals surface area contributed by atoms with Crippen LogP contribution in [0.3, 0.4) is 0 Å². The molecule has 1 saturated heterocycles. The fraction of sp³-hybridized carbons (Fsp3) is 0.300. The Bertz CT molecular complexity index is 588. The summed E-state index contributed by atoms with van der Waals surface area (Å²) in [6, 6.07) is 3.20. The van der Waals surface area contributed by atoms with Gasteiger partial charge < -0.3 is 10.0 Å². The molecule has 1 aromatic carbocycles. The van der Waals surface area contributed by atoms with Crippen molar-refractivity contribution >= 4 is 22.3 Å². The van der Waals surface area contributed by atoms with E-state index in [9.17, 15) is 15.2 Å². The molecular formula is C10H10N4O3. The second kappa shape index (κ2) is 3.42. The lowest BCUT2D eigenvalue weighted by Gasteiger charge is -2.37. The van der Waals surface area contributed by atoms with Gasteiger partial charge in [0.15, 0.2) is 0 Å². The van der Waals surface area contributed by atoms with Crippen LogP contribution < -0.4 is 4.90 Å². The van der Waals surface area contributed by atoms with Gasteiger partial charge in [-0.1, -0.05) is 0 Å². The number of nitrogens with zero attached hydrogens (tertiary/aromatic N) is 3. The summed E-state index contributed by atoms with van der Waals surface area (Å²) in [5, 5.41) is 27.6. The Morgan fingerprint density at radius 2 is 2.29 bits per heavy atom. The summed E-state index contributed by atoms with van der Waals surface area (Å²) in [7, 11) is 0. The summed E-state index contributed by atoms with van der Waals surface area (Å²) in [4.78, 5) is 12.4. The number of nitrogens with one attached hydrogen (secondary N) is 1. The molecule has 0 aliphatic carbocycles. The number of nitro groups is 1. The largest absolute Gasteiger partial charge is 0.389 e. The molecule has 0 saturated carbocycles. The van der Waals surface area contributed by atoms with Crippen molar-refractivity contribution < 1.29 is 10.0 Å². The number of benzene rings is 1. The standard InChI is InChI=1S/C10H10N4O3/c15-7-4-13(5-7)9-2-8-6(3-11-12-8)1-10(9)14(16)17/h1-3,7,15H,4-5H2,(H,11,12). The first-order chi connectivity index (χ1) is 8.15. The van der Waals surface area contributed by atoms with Crippen LogP contribution in [0.1, 0.15) is 0 Å². The molecule has 7 heteroatoms. The lowest BCUT2D eigenvalue weighted by Crippen LogP contribution is -2.51. The highest BCUT2D eigenvalue weighted by Gasteiger charge is 2.30. The fourth-order valence-corrected chi connectivity index (χ4v) is 2.02. The van der Waals surface area contributed by atoms with Crippen molar-refractivity contribution in [2.75, 3.05) is 18.0 Å². The van der Waals surface area contributed by atoms with Crippen LogP contribution in [0.4, 0.5) is 11.4 Å². The molecule has 0 radical (unpaired) electrons. The molecule has 0 unspecified atom stereocenters. The van der Waals surface area contributed by atoms with Crippen LogP contribution in [0.5, 0.6) is 0 Å². The van der Waals surface area contributed by atoms with Crippen molar-refractivity contribution in [2.45, 2.75) is 6.10 Å². The number of anilines is 1. The van der Waals surface area contributed by atoms with E-state index in [0.717, 1.165) is 5.52 Å². The Morgan fingerprint density at radius 1 is 1.53 bits per heavy atom. The van der Waals surface area contributed by atoms with Crippen molar-refractivity contribution in [1.82, 2.24) is 10.2 Å². The smallest absolute Gasteiger partial charge is 0.293 e. The van der Waals surface area contributed by atoms with Gasteiger partial charge in [0.25, 0.3) is 5.69 Å². The highest BCUT2D eigenvalue weighted by Crippen LogP contribution is 2.34. The van der Waals surface area contributed by atoms with Crippen LogP contribution >= 0.6 is 0 Å². The Morgan fingerprint density at radius 3 is 2.94 bits per heavy atom. The summed E-state index contributed by atoms with van der Waals surface area (Å²) in [5.41, 5.74) is 1.33. The number of aliphatic hydroxyl groups excluding tert-OH is 1. The van der Waals surface area contributed by atoms with Gasteiger partial charge in [0.05, 0.1) is 22.7 Å². The molecule has 1 aliphatic heterocycles. The first-order valence-corrected chi connectivity index (χ1v) is 5.19. The van der Waals surface area contributed by atoms with Gasteiger partial charge in [0.1, 0.15) is 5.69 Å². The molecular weight excluding hydrogens is 224 g/mol. The zero-order valence-electron chi connectivity index (χ0n) is 8.83. The molecule has 1 aromatic heterocycles. The Labute approximate surface area is 95.8 Å². The number of rotatable bonds is 2. The molecule has 0 bridgehead atoms. The number of aliphatic hydroxyl groups is 1. The van der Waals surface area contributed by atoms with E-state index in [4.69, 9.17) is 0 Å². The summed E-state index contributed by atoms with van der Waals surface area (Å²) < 4.78 is 0. The van der Waals surface area contributed by atoms with Crippen LogP contribution in [0.2, 0.25) is 0 Å². The van der Waals surface area contributed by atoms with Crippen molar-refractivity contribution in [3.05, 3.63) is 28.4 Å². The first-order valence-electron chi connectivity index (χ1n) is 5.19. The predicted octanol–water partition coefficient (Wildman–Crippen LogP) is 0.652. The van der Waals surface area contributed by atoms with E-state index in [0.29, 0.717) is 24.2 Å². The number of hydrogen-bond donors (Lipinski definition) is 2. The number of aromatic amines is 1. The van der Waals surface area contributed by atoms with Crippen molar-refractivity contribution in [1.29, 1.82) is 0 Å². The second-order valence-corrected chi connectivity index (χ2v) is 4.11. The molecule has 0 atom stereocenters.